The number of unbranched alkanes of at least 4 members (excludes halogenated alkanes) is 1. The van der Waals surface area contributed by atoms with Crippen LogP contribution in [0.1, 0.15) is 26.2 Å². The quantitative estimate of drug-likeness (QED) is 0.0601. The van der Waals surface area contributed by atoms with Crippen molar-refractivity contribution in [2.75, 3.05) is 27.4 Å². The van der Waals surface area contributed by atoms with E-state index in [1.807, 2.05) is 6.08 Å². The summed E-state index contributed by atoms with van der Waals surface area (Å²) in [5.74, 6) is 0.235. The average Bonchev–Trinajstić information content (AvgIpc) is 2.73. The highest BCUT2D eigenvalue weighted by molar-refractivity contribution is 5.97. The van der Waals surface area contributed by atoms with Crippen molar-refractivity contribution < 1.29 is 28.5 Å². The second kappa shape index (κ2) is 17.0. The highest BCUT2D eigenvalue weighted by Gasteiger charge is 2.13. The fourth-order valence-electron chi connectivity index (χ4n) is 1.80. The molecule has 1 atom stereocenters. The molecule has 0 heterocycles. The monoisotopic (exact) mass is 405 g/mol. The Labute approximate surface area is 173 Å². The van der Waals surface area contributed by atoms with Gasteiger partial charge in [0.15, 0.2) is 0 Å². The van der Waals surface area contributed by atoms with Gasteiger partial charge in [0.05, 0.1) is 26.2 Å². The van der Waals surface area contributed by atoms with Crippen LogP contribution in [0.25, 0.3) is 0 Å². The predicted molar refractivity (Wildman–Crippen MR) is 113 cm³/mol. The molecule has 1 unspecified atom stereocenters. The molecule has 0 fully saturated rings. The summed E-state index contributed by atoms with van der Waals surface area (Å²) in [6, 6.07) is 0. The predicted octanol–water partition coefficient (Wildman–Crippen LogP) is 3.90. The summed E-state index contributed by atoms with van der Waals surface area (Å²) in [5, 5.41) is 0. The molecule has 0 amide bonds. The van der Waals surface area contributed by atoms with E-state index >= 15 is 0 Å². The number of rotatable bonds is 15. The van der Waals surface area contributed by atoms with E-state index in [1.165, 1.54) is 20.2 Å². The van der Waals surface area contributed by atoms with E-state index in [1.54, 1.807) is 31.2 Å². The zero-order valence-electron chi connectivity index (χ0n) is 17.5. The third kappa shape index (κ3) is 13.7. The van der Waals surface area contributed by atoms with E-state index in [4.69, 9.17) is 14.2 Å². The van der Waals surface area contributed by atoms with Gasteiger partial charge < -0.3 is 18.9 Å². The summed E-state index contributed by atoms with van der Waals surface area (Å²) in [4.78, 5) is 26.3. The second-order valence-corrected chi connectivity index (χ2v) is 5.79. The first-order chi connectivity index (χ1) is 14.0. The van der Waals surface area contributed by atoms with E-state index in [0.29, 0.717) is 44.0 Å². The van der Waals surface area contributed by atoms with Gasteiger partial charge in [0.25, 0.3) is 6.47 Å². The molecule has 0 aliphatic heterocycles. The number of esters is 1. The first-order valence-electron chi connectivity index (χ1n) is 9.25. The van der Waals surface area contributed by atoms with Crippen LogP contribution < -0.4 is 0 Å². The van der Waals surface area contributed by atoms with Crippen molar-refractivity contribution >= 4 is 18.3 Å². The van der Waals surface area contributed by atoms with Gasteiger partial charge in [-0.2, -0.15) is 0 Å². The lowest BCUT2D eigenvalue weighted by Gasteiger charge is -2.09. The SMILES string of the molecule is C=CC/C=C(\C=C/C(C)C(=O)OC(/C=C\C(=C)OC)=N/C)OCCCCOC=O. The number of carbonyl (C=O) groups is 2. The lowest BCUT2D eigenvalue weighted by molar-refractivity contribution is -0.138. The molecule has 0 aromatic heterocycles. The standard InChI is InChI=1S/C22H31NO6/c1-6-7-10-20(28-16-9-8-15-27-17-24)13-11-18(2)22(25)29-21(23-4)14-12-19(3)26-5/h6,10-14,17-18H,1,3,7-9,15-16H2,2,4-5H3/b13-11-,14-12-,20-10+,23-21+. The van der Waals surface area contributed by atoms with E-state index in [2.05, 4.69) is 22.9 Å². The van der Waals surface area contributed by atoms with Crippen LogP contribution in [0.4, 0.5) is 0 Å². The Morgan fingerprint density at radius 1 is 1.17 bits per heavy atom. The number of ether oxygens (including phenoxy) is 4. The van der Waals surface area contributed by atoms with Gasteiger partial charge in [-0.15, -0.1) is 6.58 Å². The summed E-state index contributed by atoms with van der Waals surface area (Å²) in [5.41, 5.74) is 0. The van der Waals surface area contributed by atoms with Crippen molar-refractivity contribution in [1.29, 1.82) is 0 Å². The fraction of sp³-hybridized carbons (Fsp3) is 0.409. The minimum absolute atomic E-state index is 0.157. The lowest BCUT2D eigenvalue weighted by Crippen LogP contribution is -2.17. The van der Waals surface area contributed by atoms with Gasteiger partial charge in [0.2, 0.25) is 5.90 Å². The molecular weight excluding hydrogens is 374 g/mol. The first kappa shape index (κ1) is 25.9. The van der Waals surface area contributed by atoms with Crippen molar-refractivity contribution in [1.82, 2.24) is 0 Å². The number of aliphatic imine (C=N–C) groups is 1. The number of nitrogens with zero attached hydrogens (tertiary/aromatic N) is 1. The summed E-state index contributed by atoms with van der Waals surface area (Å²) in [6.45, 7) is 10.3. The summed E-state index contributed by atoms with van der Waals surface area (Å²) >= 11 is 0. The number of allylic oxidation sites excluding steroid dienone is 4. The van der Waals surface area contributed by atoms with Crippen LogP contribution in [0.3, 0.4) is 0 Å². The second-order valence-electron chi connectivity index (χ2n) is 5.79. The summed E-state index contributed by atoms with van der Waals surface area (Å²) in [7, 11) is 3.01. The van der Waals surface area contributed by atoms with Crippen LogP contribution in [0, 0.1) is 5.92 Å². The number of hydrogen-bond acceptors (Lipinski definition) is 7. The number of methoxy groups -OCH3 is 1. The fourth-order valence-corrected chi connectivity index (χ4v) is 1.80. The molecule has 0 saturated carbocycles. The highest BCUT2D eigenvalue weighted by atomic mass is 16.5. The van der Waals surface area contributed by atoms with E-state index < -0.39 is 11.9 Å². The molecule has 7 heteroatoms. The van der Waals surface area contributed by atoms with Crippen LogP contribution >= 0.6 is 0 Å². The summed E-state index contributed by atoms with van der Waals surface area (Å²) < 4.78 is 20.5. The highest BCUT2D eigenvalue weighted by Crippen LogP contribution is 2.09. The van der Waals surface area contributed by atoms with Crippen LogP contribution in [0.15, 0.2) is 66.1 Å². The molecular formula is C22H31NO6. The van der Waals surface area contributed by atoms with Crippen LogP contribution in [-0.2, 0) is 28.5 Å². The van der Waals surface area contributed by atoms with Gasteiger partial charge in [-0.1, -0.05) is 18.7 Å². The van der Waals surface area contributed by atoms with Crippen molar-refractivity contribution in [2.24, 2.45) is 10.9 Å². The normalized spacial score (nSPS) is 13.2. The van der Waals surface area contributed by atoms with Crippen molar-refractivity contribution in [2.45, 2.75) is 26.2 Å². The van der Waals surface area contributed by atoms with E-state index in [9.17, 15) is 9.59 Å². The Morgan fingerprint density at radius 3 is 2.52 bits per heavy atom. The maximum Gasteiger partial charge on any atom is 0.319 e. The topological polar surface area (TPSA) is 83.4 Å². The lowest BCUT2D eigenvalue weighted by atomic mass is 10.1. The maximum absolute atomic E-state index is 12.3. The van der Waals surface area contributed by atoms with Crippen molar-refractivity contribution in [3.05, 3.63) is 61.1 Å². The molecule has 0 N–H and O–H groups in total. The van der Waals surface area contributed by atoms with E-state index in [0.717, 1.165) is 6.42 Å². The molecule has 0 saturated heterocycles. The molecule has 0 aliphatic carbocycles. The zero-order valence-corrected chi connectivity index (χ0v) is 17.5. The van der Waals surface area contributed by atoms with Gasteiger partial charge >= 0.3 is 5.97 Å². The van der Waals surface area contributed by atoms with Gasteiger partial charge in [-0.25, -0.2) is 0 Å². The smallest absolute Gasteiger partial charge is 0.319 e. The largest absolute Gasteiger partial charge is 0.497 e. The number of hydrogen-bond donors (Lipinski definition) is 0. The van der Waals surface area contributed by atoms with Gasteiger partial charge in [-0.3, -0.25) is 14.6 Å². The average molecular weight is 405 g/mol. The maximum atomic E-state index is 12.3. The minimum atomic E-state index is -0.512. The van der Waals surface area contributed by atoms with Gasteiger partial charge in [0, 0.05) is 13.1 Å². The Balaban J connectivity index is 4.73. The molecule has 160 valence electrons. The van der Waals surface area contributed by atoms with Crippen LogP contribution in [0.5, 0.6) is 0 Å². The van der Waals surface area contributed by atoms with Crippen LogP contribution in [-0.4, -0.2) is 45.7 Å². The molecule has 7 nitrogen and oxygen atoms in total. The third-order valence-corrected chi connectivity index (χ3v) is 3.50. The van der Waals surface area contributed by atoms with Crippen molar-refractivity contribution in [3.63, 3.8) is 0 Å². The Morgan fingerprint density at radius 2 is 1.90 bits per heavy atom. The Bertz CT molecular complexity index is 646. The first-order valence-corrected chi connectivity index (χ1v) is 9.25. The molecule has 0 rings (SSSR count). The van der Waals surface area contributed by atoms with Gasteiger partial charge in [0.1, 0.15) is 11.5 Å². The number of carbonyl (C=O) groups excluding carboxylic acids is 2. The molecule has 0 aliphatic rings. The third-order valence-electron chi connectivity index (χ3n) is 3.50. The summed E-state index contributed by atoms with van der Waals surface area (Å²) in [6.07, 6.45) is 12.2. The van der Waals surface area contributed by atoms with Crippen LogP contribution in [0.2, 0.25) is 0 Å². The molecule has 0 aromatic carbocycles. The molecule has 0 spiro atoms. The minimum Gasteiger partial charge on any atom is -0.497 e. The zero-order chi connectivity index (χ0) is 21.9. The Kier molecular flexibility index (Phi) is 15.2. The Hall–Kier alpha value is -3.09. The van der Waals surface area contributed by atoms with E-state index in [-0.39, 0.29) is 5.90 Å². The molecule has 0 aromatic rings. The van der Waals surface area contributed by atoms with Gasteiger partial charge in [-0.05, 0) is 44.4 Å². The molecule has 29 heavy (non-hydrogen) atoms. The molecule has 0 radical (unpaired) electrons. The van der Waals surface area contributed by atoms with Crippen molar-refractivity contribution in [3.8, 4) is 0 Å². The molecule has 0 bridgehead atoms.